The molecule has 0 spiro atoms. The van der Waals surface area contributed by atoms with Crippen molar-refractivity contribution in [3.63, 3.8) is 0 Å². The van der Waals surface area contributed by atoms with E-state index < -0.39 is 23.5 Å². The summed E-state index contributed by atoms with van der Waals surface area (Å²) in [6.45, 7) is 3.26. The molecule has 0 aliphatic heterocycles. The average molecular weight is 405 g/mol. The van der Waals surface area contributed by atoms with Gasteiger partial charge in [0.1, 0.15) is 5.82 Å². The number of nitrogens with one attached hydrogen (secondary N) is 1. The third-order valence-corrected chi connectivity index (χ3v) is 4.63. The Morgan fingerprint density at radius 2 is 1.79 bits per heavy atom. The Hall–Kier alpha value is -3.16. The van der Waals surface area contributed by atoms with Crippen LogP contribution < -0.4 is 5.32 Å². The molecule has 0 aliphatic carbocycles. The molecule has 2 aromatic carbocycles. The highest BCUT2D eigenvalue weighted by Gasteiger charge is 2.33. The summed E-state index contributed by atoms with van der Waals surface area (Å²) < 4.78 is 54.2. The van der Waals surface area contributed by atoms with Crippen molar-refractivity contribution in [2.24, 2.45) is 0 Å². The maximum Gasteiger partial charge on any atom is 0.416 e. The smallest absolute Gasteiger partial charge is 0.352 e. The molecule has 3 aromatic rings. The number of para-hydroxylation sites is 1. The highest BCUT2D eigenvalue weighted by atomic mass is 19.4. The number of rotatable bonds is 5. The van der Waals surface area contributed by atoms with Crippen LogP contribution in [0.5, 0.6) is 0 Å². The molecule has 0 atom stereocenters. The number of aromatic nitrogens is 2. The number of benzene rings is 2. The third kappa shape index (κ3) is 4.64. The van der Waals surface area contributed by atoms with Crippen LogP contribution in [-0.4, -0.2) is 15.7 Å². The van der Waals surface area contributed by atoms with Gasteiger partial charge in [0.2, 0.25) is 5.91 Å². The molecular formula is C21H19F4N3O. The van der Waals surface area contributed by atoms with Crippen molar-refractivity contribution < 1.29 is 22.4 Å². The van der Waals surface area contributed by atoms with E-state index in [1.165, 1.54) is 0 Å². The fourth-order valence-electron chi connectivity index (χ4n) is 3.13. The molecule has 0 radical (unpaired) electrons. The van der Waals surface area contributed by atoms with Gasteiger partial charge in [-0.1, -0.05) is 24.3 Å². The Balaban J connectivity index is 1.74. The number of hydrogen-bond donors (Lipinski definition) is 1. The first kappa shape index (κ1) is 20.6. The molecular weight excluding hydrogens is 386 g/mol. The molecule has 8 heteroatoms. The number of carbonyl (C=O) groups is 1. The van der Waals surface area contributed by atoms with E-state index in [9.17, 15) is 22.4 Å². The third-order valence-electron chi connectivity index (χ3n) is 4.63. The first-order valence-corrected chi connectivity index (χ1v) is 8.89. The topological polar surface area (TPSA) is 46.9 Å². The molecule has 4 nitrogen and oxygen atoms in total. The van der Waals surface area contributed by atoms with Gasteiger partial charge in [-0.2, -0.15) is 18.3 Å². The molecule has 1 heterocycles. The van der Waals surface area contributed by atoms with Crippen molar-refractivity contribution in [3.8, 4) is 5.69 Å². The zero-order chi connectivity index (χ0) is 21.2. The normalized spacial score (nSPS) is 11.5. The molecule has 0 saturated carbocycles. The van der Waals surface area contributed by atoms with E-state index in [0.717, 1.165) is 23.5 Å². The number of carbonyl (C=O) groups excluding carboxylic acids is 1. The standard InChI is InChI=1S/C21H19F4N3O/c1-13-18(14(2)28(27-13)17-6-4-3-5-7-17)11-20(29)26-12-15-8-9-16(22)10-19(15)21(23,24)25/h3-10H,11-12H2,1-2H3,(H,26,29). The summed E-state index contributed by atoms with van der Waals surface area (Å²) in [4.78, 5) is 12.4. The van der Waals surface area contributed by atoms with Gasteiger partial charge in [0.25, 0.3) is 0 Å². The lowest BCUT2D eigenvalue weighted by Crippen LogP contribution is -2.26. The van der Waals surface area contributed by atoms with Crippen LogP contribution in [-0.2, 0) is 23.9 Å². The van der Waals surface area contributed by atoms with Gasteiger partial charge in [-0.25, -0.2) is 9.07 Å². The van der Waals surface area contributed by atoms with Crippen molar-refractivity contribution in [1.82, 2.24) is 15.1 Å². The van der Waals surface area contributed by atoms with E-state index in [2.05, 4.69) is 10.4 Å². The highest BCUT2D eigenvalue weighted by molar-refractivity contribution is 5.79. The summed E-state index contributed by atoms with van der Waals surface area (Å²) in [5, 5.41) is 6.94. The Kier molecular flexibility index (Phi) is 5.72. The number of hydrogen-bond acceptors (Lipinski definition) is 2. The summed E-state index contributed by atoms with van der Waals surface area (Å²) in [5.74, 6) is -1.42. The van der Waals surface area contributed by atoms with Crippen LogP contribution in [0.15, 0.2) is 48.5 Å². The summed E-state index contributed by atoms with van der Waals surface area (Å²) >= 11 is 0. The Morgan fingerprint density at radius 1 is 1.10 bits per heavy atom. The van der Waals surface area contributed by atoms with Crippen LogP contribution in [0.3, 0.4) is 0 Å². The summed E-state index contributed by atoms with van der Waals surface area (Å²) in [7, 11) is 0. The zero-order valence-electron chi connectivity index (χ0n) is 15.8. The lowest BCUT2D eigenvalue weighted by Gasteiger charge is -2.13. The Labute approximate surface area is 165 Å². The minimum Gasteiger partial charge on any atom is -0.352 e. The summed E-state index contributed by atoms with van der Waals surface area (Å²) in [6.07, 6.45) is -4.72. The van der Waals surface area contributed by atoms with E-state index in [0.29, 0.717) is 17.3 Å². The van der Waals surface area contributed by atoms with Gasteiger partial charge in [0.15, 0.2) is 0 Å². The minimum atomic E-state index is -4.70. The zero-order valence-corrected chi connectivity index (χ0v) is 15.8. The molecule has 1 amide bonds. The minimum absolute atomic E-state index is 0.0208. The van der Waals surface area contributed by atoms with Crippen molar-refractivity contribution in [1.29, 1.82) is 0 Å². The van der Waals surface area contributed by atoms with Crippen LogP contribution in [0, 0.1) is 19.7 Å². The molecule has 3 rings (SSSR count). The molecule has 0 bridgehead atoms. The second kappa shape index (κ2) is 8.06. The molecule has 0 saturated heterocycles. The van der Waals surface area contributed by atoms with Crippen LogP contribution in [0.1, 0.15) is 28.1 Å². The van der Waals surface area contributed by atoms with Gasteiger partial charge in [-0.3, -0.25) is 4.79 Å². The number of aryl methyl sites for hydroxylation is 1. The quantitative estimate of drug-likeness (QED) is 0.635. The molecule has 1 aromatic heterocycles. The van der Waals surface area contributed by atoms with Crippen LogP contribution >= 0.6 is 0 Å². The number of nitrogens with zero attached hydrogens (tertiary/aromatic N) is 2. The maximum absolute atomic E-state index is 13.2. The predicted octanol–water partition coefficient (Wildman–Crippen LogP) is 4.51. The van der Waals surface area contributed by atoms with Crippen molar-refractivity contribution in [2.75, 3.05) is 0 Å². The van der Waals surface area contributed by atoms with Crippen LogP contribution in [0.2, 0.25) is 0 Å². The number of alkyl halides is 3. The van der Waals surface area contributed by atoms with Crippen molar-refractivity contribution in [3.05, 3.63) is 82.4 Å². The first-order valence-electron chi connectivity index (χ1n) is 8.89. The summed E-state index contributed by atoms with van der Waals surface area (Å²) in [6, 6.07) is 11.8. The molecule has 29 heavy (non-hydrogen) atoms. The number of amides is 1. The lowest BCUT2D eigenvalue weighted by atomic mass is 10.1. The largest absolute Gasteiger partial charge is 0.416 e. The molecule has 0 unspecified atom stereocenters. The van der Waals surface area contributed by atoms with E-state index in [-0.39, 0.29) is 18.5 Å². The summed E-state index contributed by atoms with van der Waals surface area (Å²) in [5.41, 5.74) is 1.71. The average Bonchev–Trinajstić information content (AvgIpc) is 2.95. The van der Waals surface area contributed by atoms with Gasteiger partial charge in [0.05, 0.1) is 23.4 Å². The molecule has 152 valence electrons. The second-order valence-corrected chi connectivity index (χ2v) is 6.65. The molecule has 1 N–H and O–H groups in total. The fourth-order valence-corrected chi connectivity index (χ4v) is 3.13. The highest BCUT2D eigenvalue weighted by Crippen LogP contribution is 2.32. The fraction of sp³-hybridized carbons (Fsp3) is 0.238. The van der Waals surface area contributed by atoms with Crippen LogP contribution in [0.25, 0.3) is 5.69 Å². The van der Waals surface area contributed by atoms with Gasteiger partial charge < -0.3 is 5.32 Å². The predicted molar refractivity (Wildman–Crippen MR) is 100.0 cm³/mol. The van der Waals surface area contributed by atoms with E-state index in [1.807, 2.05) is 37.3 Å². The number of halogens is 4. The van der Waals surface area contributed by atoms with Gasteiger partial charge in [0, 0.05) is 17.8 Å². The first-order chi connectivity index (χ1) is 13.7. The SMILES string of the molecule is Cc1nn(-c2ccccc2)c(C)c1CC(=O)NCc1ccc(F)cc1C(F)(F)F. The molecule has 0 aliphatic rings. The monoisotopic (exact) mass is 405 g/mol. The van der Waals surface area contributed by atoms with Gasteiger partial charge >= 0.3 is 6.18 Å². The van der Waals surface area contributed by atoms with Crippen molar-refractivity contribution in [2.45, 2.75) is 33.0 Å². The molecule has 0 fully saturated rings. The van der Waals surface area contributed by atoms with Crippen LogP contribution in [0.4, 0.5) is 17.6 Å². The van der Waals surface area contributed by atoms with Gasteiger partial charge in [-0.15, -0.1) is 0 Å². The van der Waals surface area contributed by atoms with E-state index in [4.69, 9.17) is 0 Å². The Morgan fingerprint density at radius 3 is 2.45 bits per heavy atom. The maximum atomic E-state index is 13.2. The van der Waals surface area contributed by atoms with E-state index >= 15 is 0 Å². The second-order valence-electron chi connectivity index (χ2n) is 6.65. The Bertz CT molecular complexity index is 1030. The van der Waals surface area contributed by atoms with Gasteiger partial charge in [-0.05, 0) is 43.7 Å². The van der Waals surface area contributed by atoms with Crippen molar-refractivity contribution >= 4 is 5.91 Å². The lowest BCUT2D eigenvalue weighted by molar-refractivity contribution is -0.138. The van der Waals surface area contributed by atoms with E-state index in [1.54, 1.807) is 11.6 Å².